The number of hydrogen-bond acceptors (Lipinski definition) is 0. The highest BCUT2D eigenvalue weighted by Gasteiger charge is 2.22. The van der Waals surface area contributed by atoms with Gasteiger partial charge in [0.1, 0.15) is 0 Å². The van der Waals surface area contributed by atoms with Gasteiger partial charge in [0.15, 0.2) is 0 Å². The molecule has 34 heavy (non-hydrogen) atoms. The van der Waals surface area contributed by atoms with Gasteiger partial charge in [-0.1, -0.05) is 66.8 Å². The van der Waals surface area contributed by atoms with Crippen LogP contribution in [-0.4, -0.2) is 9.94 Å². The van der Waals surface area contributed by atoms with E-state index in [2.05, 4.69) is 109 Å². The van der Waals surface area contributed by atoms with E-state index in [1.807, 2.05) is 0 Å². The SMILES string of the molecule is CC1=C(c2ccc(-c3ccc4c5c(n(-c6ccccc6)c4c3)C=CC(Cl)C5)cc2C)CCC=C1. The van der Waals surface area contributed by atoms with Crippen molar-refractivity contribution in [1.82, 2.24) is 4.57 Å². The van der Waals surface area contributed by atoms with Gasteiger partial charge in [-0.2, -0.15) is 0 Å². The van der Waals surface area contributed by atoms with E-state index in [-0.39, 0.29) is 5.38 Å². The molecule has 0 aliphatic heterocycles. The second-order valence-corrected chi connectivity index (χ2v) is 10.0. The van der Waals surface area contributed by atoms with E-state index in [9.17, 15) is 0 Å². The van der Waals surface area contributed by atoms with E-state index in [1.54, 1.807) is 0 Å². The van der Waals surface area contributed by atoms with Crippen LogP contribution in [0, 0.1) is 6.92 Å². The molecule has 1 unspecified atom stereocenters. The number of aryl methyl sites for hydroxylation is 1. The molecule has 0 saturated carbocycles. The van der Waals surface area contributed by atoms with Crippen LogP contribution in [0.15, 0.2) is 90.5 Å². The van der Waals surface area contributed by atoms with Gasteiger partial charge in [-0.05, 0) is 96.3 Å². The first-order chi connectivity index (χ1) is 16.6. The van der Waals surface area contributed by atoms with Crippen molar-refractivity contribution in [2.24, 2.45) is 0 Å². The summed E-state index contributed by atoms with van der Waals surface area (Å²) in [5.74, 6) is 0. The lowest BCUT2D eigenvalue weighted by Crippen LogP contribution is -2.07. The molecule has 2 aliphatic carbocycles. The number of allylic oxidation sites excluding steroid dienone is 5. The number of benzene rings is 3. The van der Waals surface area contributed by atoms with Crippen LogP contribution in [0.1, 0.15) is 42.1 Å². The average molecular weight is 462 g/mol. The summed E-state index contributed by atoms with van der Waals surface area (Å²) < 4.78 is 2.39. The van der Waals surface area contributed by atoms with Gasteiger partial charge in [-0.15, -0.1) is 11.6 Å². The molecular weight excluding hydrogens is 434 g/mol. The first kappa shape index (κ1) is 21.3. The predicted octanol–water partition coefficient (Wildman–Crippen LogP) is 8.91. The van der Waals surface area contributed by atoms with Gasteiger partial charge in [-0.25, -0.2) is 0 Å². The third kappa shape index (κ3) is 3.56. The smallest absolute Gasteiger partial charge is 0.0561 e. The van der Waals surface area contributed by atoms with Gasteiger partial charge in [0.25, 0.3) is 0 Å². The number of rotatable bonds is 3. The van der Waals surface area contributed by atoms with Crippen LogP contribution in [0.5, 0.6) is 0 Å². The molecular formula is C32H28ClN. The molecule has 168 valence electrons. The predicted molar refractivity (Wildman–Crippen MR) is 147 cm³/mol. The number of fused-ring (bicyclic) bond motifs is 3. The number of hydrogen-bond donors (Lipinski definition) is 0. The molecule has 3 aromatic carbocycles. The first-order valence-electron chi connectivity index (χ1n) is 12.1. The fourth-order valence-electron chi connectivity index (χ4n) is 5.57. The van der Waals surface area contributed by atoms with Crippen molar-refractivity contribution in [3.8, 4) is 16.8 Å². The number of halogens is 1. The molecule has 1 atom stereocenters. The average Bonchev–Trinajstić information content (AvgIpc) is 3.18. The van der Waals surface area contributed by atoms with Gasteiger partial charge < -0.3 is 4.57 Å². The highest BCUT2D eigenvalue weighted by molar-refractivity contribution is 6.22. The largest absolute Gasteiger partial charge is 0.310 e. The Bertz CT molecular complexity index is 1500. The lowest BCUT2D eigenvalue weighted by Gasteiger charge is -2.17. The Hall–Kier alpha value is -3.29. The second-order valence-electron chi connectivity index (χ2n) is 9.48. The Morgan fingerprint density at radius 3 is 2.47 bits per heavy atom. The van der Waals surface area contributed by atoms with E-state index in [0.717, 1.165) is 19.3 Å². The third-order valence-corrected chi connectivity index (χ3v) is 7.58. The third-order valence-electron chi connectivity index (χ3n) is 7.28. The zero-order chi connectivity index (χ0) is 23.2. The van der Waals surface area contributed by atoms with Crippen molar-refractivity contribution >= 4 is 34.2 Å². The Morgan fingerprint density at radius 2 is 1.68 bits per heavy atom. The van der Waals surface area contributed by atoms with E-state index < -0.39 is 0 Å². The van der Waals surface area contributed by atoms with Gasteiger partial charge in [0.2, 0.25) is 0 Å². The van der Waals surface area contributed by atoms with E-state index in [4.69, 9.17) is 11.6 Å². The number of alkyl halides is 1. The fourth-order valence-corrected chi connectivity index (χ4v) is 5.80. The monoisotopic (exact) mass is 461 g/mol. The summed E-state index contributed by atoms with van der Waals surface area (Å²) in [6, 6.07) is 24.5. The van der Waals surface area contributed by atoms with E-state index >= 15 is 0 Å². The summed E-state index contributed by atoms with van der Waals surface area (Å²) in [6.07, 6.45) is 12.0. The summed E-state index contributed by atoms with van der Waals surface area (Å²) in [5.41, 5.74) is 13.1. The number of aromatic nitrogens is 1. The van der Waals surface area contributed by atoms with Crippen LogP contribution in [0.25, 0.3) is 39.4 Å². The highest BCUT2D eigenvalue weighted by Crippen LogP contribution is 2.38. The number of para-hydroxylation sites is 1. The molecule has 0 radical (unpaired) electrons. The first-order valence-corrected chi connectivity index (χ1v) is 12.6. The summed E-state index contributed by atoms with van der Waals surface area (Å²) in [6.45, 7) is 4.47. The van der Waals surface area contributed by atoms with Gasteiger partial charge in [0, 0.05) is 16.8 Å². The zero-order valence-corrected chi connectivity index (χ0v) is 20.4. The summed E-state index contributed by atoms with van der Waals surface area (Å²) in [5, 5.41) is 1.34. The molecule has 0 fully saturated rings. The maximum atomic E-state index is 6.53. The van der Waals surface area contributed by atoms with Gasteiger partial charge in [-0.3, -0.25) is 0 Å². The Kier molecular flexibility index (Phi) is 5.31. The van der Waals surface area contributed by atoms with E-state index in [0.29, 0.717) is 0 Å². The van der Waals surface area contributed by atoms with E-state index in [1.165, 1.54) is 61.2 Å². The minimum atomic E-state index is 0.0459. The van der Waals surface area contributed by atoms with Crippen LogP contribution in [-0.2, 0) is 6.42 Å². The molecule has 1 nitrogen and oxygen atoms in total. The molecule has 2 heteroatoms. The van der Waals surface area contributed by atoms with Crippen LogP contribution in [0.4, 0.5) is 0 Å². The Balaban J connectivity index is 1.50. The standard InChI is InChI=1S/C32H28ClN/c1-21-8-6-7-11-27(21)28-15-12-23(18-22(28)2)24-13-16-29-30-20-25(33)14-17-31(30)34(32(29)19-24)26-9-4-3-5-10-26/h3-6,8-10,12-19,25H,7,11,20H2,1-2H3. The van der Waals surface area contributed by atoms with Crippen molar-refractivity contribution in [2.45, 2.75) is 38.5 Å². The molecule has 0 bridgehead atoms. The molecule has 0 spiro atoms. The van der Waals surface area contributed by atoms with Crippen LogP contribution in [0.2, 0.25) is 0 Å². The molecule has 2 aliphatic rings. The van der Waals surface area contributed by atoms with Crippen LogP contribution >= 0.6 is 11.6 Å². The molecule has 6 rings (SSSR count). The molecule has 1 heterocycles. The minimum Gasteiger partial charge on any atom is -0.310 e. The molecule has 1 aromatic heterocycles. The highest BCUT2D eigenvalue weighted by atomic mass is 35.5. The quantitative estimate of drug-likeness (QED) is 0.268. The molecule has 0 N–H and O–H groups in total. The van der Waals surface area contributed by atoms with Gasteiger partial charge in [0.05, 0.1) is 10.9 Å². The normalized spacial score (nSPS) is 17.4. The summed E-state index contributed by atoms with van der Waals surface area (Å²) in [4.78, 5) is 0. The lowest BCUT2D eigenvalue weighted by atomic mass is 9.88. The molecule has 4 aromatic rings. The topological polar surface area (TPSA) is 4.93 Å². The van der Waals surface area contributed by atoms with Gasteiger partial charge >= 0.3 is 0 Å². The Labute approximate surface area is 206 Å². The zero-order valence-electron chi connectivity index (χ0n) is 19.7. The van der Waals surface area contributed by atoms with Crippen molar-refractivity contribution in [1.29, 1.82) is 0 Å². The Morgan fingerprint density at radius 1 is 0.882 bits per heavy atom. The van der Waals surface area contributed by atoms with Crippen LogP contribution in [0.3, 0.4) is 0 Å². The molecule has 0 amide bonds. The minimum absolute atomic E-state index is 0.0459. The van der Waals surface area contributed by atoms with Crippen molar-refractivity contribution in [2.75, 3.05) is 0 Å². The lowest BCUT2D eigenvalue weighted by molar-refractivity contribution is 0.974. The maximum Gasteiger partial charge on any atom is 0.0561 e. The van der Waals surface area contributed by atoms with Crippen LogP contribution < -0.4 is 0 Å². The maximum absolute atomic E-state index is 6.53. The van der Waals surface area contributed by atoms with Crippen molar-refractivity contribution in [3.63, 3.8) is 0 Å². The summed E-state index contributed by atoms with van der Waals surface area (Å²) >= 11 is 6.53. The number of nitrogens with zero attached hydrogens (tertiary/aromatic N) is 1. The van der Waals surface area contributed by atoms with Crippen molar-refractivity contribution < 1.29 is 0 Å². The molecule has 0 saturated heterocycles. The fraction of sp³-hybridized carbons (Fsp3) is 0.188. The summed E-state index contributed by atoms with van der Waals surface area (Å²) in [7, 11) is 0. The second kappa shape index (κ2) is 8.49. The van der Waals surface area contributed by atoms with Crippen molar-refractivity contribution in [3.05, 3.63) is 113 Å².